The molecule has 0 radical (unpaired) electrons. The van der Waals surface area contributed by atoms with E-state index in [9.17, 15) is 17.9 Å². The number of sulfonamides is 1. The molecule has 2 rings (SSSR count). The first-order chi connectivity index (χ1) is 9.90. The van der Waals surface area contributed by atoms with Gasteiger partial charge >= 0.3 is 0 Å². The van der Waals surface area contributed by atoms with Crippen molar-refractivity contribution in [3.8, 4) is 0 Å². The van der Waals surface area contributed by atoms with Crippen LogP contribution in [0.15, 0.2) is 47.6 Å². The van der Waals surface area contributed by atoms with Crippen LogP contribution >= 0.6 is 11.6 Å². The Bertz CT molecular complexity index is 740. The van der Waals surface area contributed by atoms with Gasteiger partial charge in [-0.3, -0.25) is 4.98 Å². The summed E-state index contributed by atoms with van der Waals surface area (Å²) in [6.45, 7) is -0.289. The molecule has 0 bridgehead atoms. The van der Waals surface area contributed by atoms with E-state index in [4.69, 9.17) is 11.6 Å². The lowest BCUT2D eigenvalue weighted by molar-refractivity contribution is 0.182. The molecule has 2 aromatic rings. The third-order valence-corrected chi connectivity index (χ3v) is 4.46. The van der Waals surface area contributed by atoms with Gasteiger partial charge in [-0.25, -0.2) is 17.5 Å². The van der Waals surface area contributed by atoms with Crippen LogP contribution in [0.4, 0.5) is 4.39 Å². The zero-order valence-electron chi connectivity index (χ0n) is 10.7. The molecule has 1 unspecified atom stereocenters. The summed E-state index contributed by atoms with van der Waals surface area (Å²) in [5.41, 5.74) is 0.402. The van der Waals surface area contributed by atoms with Crippen molar-refractivity contribution in [3.05, 3.63) is 59.1 Å². The molecule has 0 spiro atoms. The normalized spacial score (nSPS) is 13.1. The first-order valence-electron chi connectivity index (χ1n) is 5.93. The van der Waals surface area contributed by atoms with Gasteiger partial charge in [-0.2, -0.15) is 0 Å². The highest BCUT2D eigenvalue weighted by Gasteiger charge is 2.18. The topological polar surface area (TPSA) is 79.3 Å². The molecular formula is C13H12ClFN2O3S. The Morgan fingerprint density at radius 1 is 1.33 bits per heavy atom. The van der Waals surface area contributed by atoms with Crippen molar-refractivity contribution in [3.63, 3.8) is 0 Å². The summed E-state index contributed by atoms with van der Waals surface area (Å²) in [7, 11) is -3.95. The quantitative estimate of drug-likeness (QED) is 0.877. The third kappa shape index (κ3) is 3.98. The van der Waals surface area contributed by atoms with Gasteiger partial charge in [-0.15, -0.1) is 0 Å². The number of hydrogen-bond donors (Lipinski definition) is 2. The predicted molar refractivity (Wildman–Crippen MR) is 75.8 cm³/mol. The fourth-order valence-electron chi connectivity index (χ4n) is 1.67. The van der Waals surface area contributed by atoms with E-state index < -0.39 is 21.9 Å². The van der Waals surface area contributed by atoms with Crippen molar-refractivity contribution in [1.29, 1.82) is 0 Å². The SMILES string of the molecule is O=S(=O)(NCC(O)c1ccccc1Cl)c1cncc(F)c1. The molecule has 2 N–H and O–H groups in total. The Kier molecular flexibility index (Phi) is 4.89. The highest BCUT2D eigenvalue weighted by Crippen LogP contribution is 2.22. The van der Waals surface area contributed by atoms with Crippen LogP contribution in [0.5, 0.6) is 0 Å². The first-order valence-corrected chi connectivity index (χ1v) is 7.79. The molecule has 0 aliphatic heterocycles. The predicted octanol–water partition coefficient (Wildman–Crippen LogP) is 1.89. The number of halogens is 2. The van der Waals surface area contributed by atoms with E-state index in [1.807, 2.05) is 0 Å². The zero-order chi connectivity index (χ0) is 15.5. The van der Waals surface area contributed by atoms with Crippen LogP contribution in [-0.2, 0) is 10.0 Å². The second kappa shape index (κ2) is 6.48. The molecule has 1 atom stereocenters. The van der Waals surface area contributed by atoms with E-state index in [0.717, 1.165) is 18.5 Å². The minimum atomic E-state index is -3.95. The van der Waals surface area contributed by atoms with Gasteiger partial charge in [0.2, 0.25) is 10.0 Å². The number of aromatic nitrogens is 1. The maximum atomic E-state index is 13.0. The fourth-order valence-corrected chi connectivity index (χ4v) is 2.94. The first kappa shape index (κ1) is 15.8. The van der Waals surface area contributed by atoms with E-state index in [1.165, 1.54) is 0 Å². The average Bonchev–Trinajstić information content (AvgIpc) is 2.45. The largest absolute Gasteiger partial charge is 0.387 e. The van der Waals surface area contributed by atoms with Crippen molar-refractivity contribution in [1.82, 2.24) is 9.71 Å². The smallest absolute Gasteiger partial charge is 0.242 e. The van der Waals surface area contributed by atoms with Crippen molar-refractivity contribution in [2.75, 3.05) is 6.54 Å². The molecule has 21 heavy (non-hydrogen) atoms. The zero-order valence-corrected chi connectivity index (χ0v) is 12.3. The number of nitrogens with one attached hydrogen (secondary N) is 1. The minimum Gasteiger partial charge on any atom is -0.387 e. The van der Waals surface area contributed by atoms with Crippen molar-refractivity contribution >= 4 is 21.6 Å². The molecule has 0 amide bonds. The van der Waals surface area contributed by atoms with E-state index >= 15 is 0 Å². The van der Waals surface area contributed by atoms with Gasteiger partial charge in [-0.05, 0) is 12.1 Å². The molecule has 1 heterocycles. The molecule has 0 aliphatic rings. The second-order valence-electron chi connectivity index (χ2n) is 4.23. The lowest BCUT2D eigenvalue weighted by atomic mass is 10.1. The van der Waals surface area contributed by atoms with Crippen LogP contribution in [0.2, 0.25) is 5.02 Å². The van der Waals surface area contributed by atoms with Gasteiger partial charge in [0.05, 0.1) is 12.3 Å². The highest BCUT2D eigenvalue weighted by atomic mass is 35.5. The highest BCUT2D eigenvalue weighted by molar-refractivity contribution is 7.89. The molecule has 1 aromatic heterocycles. The number of pyridine rings is 1. The maximum absolute atomic E-state index is 13.0. The van der Waals surface area contributed by atoms with Crippen molar-refractivity contribution < 1.29 is 17.9 Å². The fraction of sp³-hybridized carbons (Fsp3) is 0.154. The van der Waals surface area contributed by atoms with Crippen LogP contribution in [0, 0.1) is 5.82 Å². The van der Waals surface area contributed by atoms with Gasteiger partial charge in [-0.1, -0.05) is 29.8 Å². The Balaban J connectivity index is 2.10. The molecule has 0 saturated heterocycles. The van der Waals surface area contributed by atoms with Crippen LogP contribution < -0.4 is 4.72 Å². The summed E-state index contributed by atoms with van der Waals surface area (Å²) >= 11 is 5.91. The summed E-state index contributed by atoms with van der Waals surface area (Å²) < 4.78 is 39.1. The van der Waals surface area contributed by atoms with E-state index in [2.05, 4.69) is 9.71 Å². The molecule has 0 fully saturated rings. The maximum Gasteiger partial charge on any atom is 0.242 e. The number of hydrogen-bond acceptors (Lipinski definition) is 4. The summed E-state index contributed by atoms with van der Waals surface area (Å²) in [6, 6.07) is 7.39. The Morgan fingerprint density at radius 2 is 2.05 bits per heavy atom. The van der Waals surface area contributed by atoms with Crippen LogP contribution in [0.25, 0.3) is 0 Å². The molecule has 0 saturated carbocycles. The van der Waals surface area contributed by atoms with Crippen LogP contribution in [-0.4, -0.2) is 25.1 Å². The Labute approximate surface area is 126 Å². The molecule has 1 aromatic carbocycles. The summed E-state index contributed by atoms with van der Waals surface area (Å²) in [5.74, 6) is -0.760. The second-order valence-corrected chi connectivity index (χ2v) is 6.40. The number of benzene rings is 1. The molecule has 8 heteroatoms. The van der Waals surface area contributed by atoms with E-state index in [0.29, 0.717) is 10.6 Å². The summed E-state index contributed by atoms with van der Waals surface area (Å²) in [6.07, 6.45) is 0.806. The number of rotatable bonds is 5. The van der Waals surface area contributed by atoms with Crippen molar-refractivity contribution in [2.45, 2.75) is 11.0 Å². The van der Waals surface area contributed by atoms with Gasteiger partial charge < -0.3 is 5.11 Å². The van der Waals surface area contributed by atoms with Gasteiger partial charge in [0.15, 0.2) is 0 Å². The number of nitrogens with zero attached hydrogens (tertiary/aromatic N) is 1. The molecule has 0 aliphatic carbocycles. The number of aliphatic hydroxyl groups excluding tert-OH is 1. The van der Waals surface area contributed by atoms with Gasteiger partial charge in [0, 0.05) is 23.3 Å². The minimum absolute atomic E-state index is 0.289. The average molecular weight is 331 g/mol. The van der Waals surface area contributed by atoms with Crippen LogP contribution in [0.1, 0.15) is 11.7 Å². The molecular weight excluding hydrogens is 319 g/mol. The standard InChI is InChI=1S/C13H12ClFN2O3S/c14-12-4-2-1-3-11(12)13(18)8-17-21(19,20)10-5-9(15)6-16-7-10/h1-7,13,17-18H,8H2. The lowest BCUT2D eigenvalue weighted by Gasteiger charge is -2.13. The van der Waals surface area contributed by atoms with Gasteiger partial charge in [0.1, 0.15) is 10.7 Å². The lowest BCUT2D eigenvalue weighted by Crippen LogP contribution is -2.28. The summed E-state index contributed by atoms with van der Waals surface area (Å²) in [4.78, 5) is 3.16. The number of aliphatic hydroxyl groups is 1. The summed E-state index contributed by atoms with van der Waals surface area (Å²) in [5, 5.41) is 10.3. The van der Waals surface area contributed by atoms with Gasteiger partial charge in [0.25, 0.3) is 0 Å². The molecule has 112 valence electrons. The van der Waals surface area contributed by atoms with Crippen molar-refractivity contribution in [2.24, 2.45) is 0 Å². The molecule has 5 nitrogen and oxygen atoms in total. The Hall–Kier alpha value is -1.54. The van der Waals surface area contributed by atoms with E-state index in [1.54, 1.807) is 24.3 Å². The van der Waals surface area contributed by atoms with E-state index in [-0.39, 0.29) is 11.4 Å². The Morgan fingerprint density at radius 3 is 2.71 bits per heavy atom. The monoisotopic (exact) mass is 330 g/mol. The van der Waals surface area contributed by atoms with Crippen LogP contribution in [0.3, 0.4) is 0 Å². The third-order valence-electron chi connectivity index (χ3n) is 2.72.